The van der Waals surface area contributed by atoms with E-state index in [9.17, 15) is 0 Å². The first kappa shape index (κ1) is 26.4. The minimum Gasteiger partial charge on any atom is -0.455 e. The van der Waals surface area contributed by atoms with Crippen LogP contribution in [0.2, 0.25) is 0 Å². The second-order valence-electron chi connectivity index (χ2n) is 12.6. The third-order valence-electron chi connectivity index (χ3n) is 9.89. The van der Waals surface area contributed by atoms with Crippen LogP contribution in [-0.2, 0) is 0 Å². The molecule has 49 heavy (non-hydrogen) atoms. The maximum Gasteiger partial charge on any atom is 0.146 e. The van der Waals surface area contributed by atoms with E-state index in [2.05, 4.69) is 143 Å². The van der Waals surface area contributed by atoms with E-state index in [1.807, 2.05) is 24.3 Å². The van der Waals surface area contributed by atoms with Crippen LogP contribution < -0.4 is 0 Å². The Bertz CT molecular complexity index is 3100. The molecule has 0 fully saturated rings. The maximum atomic E-state index is 6.87. The van der Waals surface area contributed by atoms with Crippen molar-refractivity contribution in [3.63, 3.8) is 0 Å². The SMILES string of the molecule is c1ccc(-c2ccc3nc(-n4c5ccccc5c5c6oc7ccccc7c6c6c7ccccc7n(-c7ccccc7)c6c54)ccc3n2)cc1. The van der Waals surface area contributed by atoms with Gasteiger partial charge in [0.25, 0.3) is 0 Å². The van der Waals surface area contributed by atoms with Gasteiger partial charge in [-0.1, -0.05) is 103 Å². The topological polar surface area (TPSA) is 48.8 Å². The van der Waals surface area contributed by atoms with Crippen LogP contribution in [0.1, 0.15) is 0 Å². The number of furan rings is 1. The van der Waals surface area contributed by atoms with Crippen molar-refractivity contribution in [2.75, 3.05) is 0 Å². The van der Waals surface area contributed by atoms with E-state index in [4.69, 9.17) is 14.4 Å². The fraction of sp³-hybridized carbons (Fsp3) is 0. The van der Waals surface area contributed by atoms with Crippen LogP contribution in [0.25, 0.3) is 99.3 Å². The lowest BCUT2D eigenvalue weighted by molar-refractivity contribution is 0.673. The lowest BCUT2D eigenvalue weighted by atomic mass is 10.0. The highest BCUT2D eigenvalue weighted by molar-refractivity contribution is 6.39. The van der Waals surface area contributed by atoms with E-state index >= 15 is 0 Å². The van der Waals surface area contributed by atoms with Gasteiger partial charge in [0.05, 0.1) is 44.2 Å². The smallest absolute Gasteiger partial charge is 0.146 e. The number of para-hydroxylation sites is 4. The molecule has 0 saturated carbocycles. The molecule has 5 nitrogen and oxygen atoms in total. The summed E-state index contributed by atoms with van der Waals surface area (Å²) in [5, 5.41) is 6.80. The van der Waals surface area contributed by atoms with Crippen LogP contribution in [0.5, 0.6) is 0 Å². The molecular formula is C44H26N4O. The van der Waals surface area contributed by atoms with Gasteiger partial charge in [-0.3, -0.25) is 4.57 Å². The van der Waals surface area contributed by atoms with Gasteiger partial charge in [0, 0.05) is 38.2 Å². The molecule has 5 heteroatoms. The van der Waals surface area contributed by atoms with Gasteiger partial charge >= 0.3 is 0 Å². The van der Waals surface area contributed by atoms with Crippen LogP contribution in [0.4, 0.5) is 0 Å². The van der Waals surface area contributed by atoms with E-state index < -0.39 is 0 Å². The summed E-state index contributed by atoms with van der Waals surface area (Å²) < 4.78 is 11.6. The zero-order chi connectivity index (χ0) is 32.1. The number of hydrogen-bond acceptors (Lipinski definition) is 3. The summed E-state index contributed by atoms with van der Waals surface area (Å²) in [4.78, 5) is 10.3. The second-order valence-corrected chi connectivity index (χ2v) is 12.6. The van der Waals surface area contributed by atoms with Gasteiger partial charge in [-0.25, -0.2) is 9.97 Å². The highest BCUT2D eigenvalue weighted by atomic mass is 16.3. The molecule has 11 aromatic rings. The van der Waals surface area contributed by atoms with E-state index in [1.165, 1.54) is 10.8 Å². The number of benzene rings is 6. The average Bonchev–Trinajstić information content (AvgIpc) is 3.83. The molecule has 5 aromatic heterocycles. The third kappa shape index (κ3) is 3.64. The van der Waals surface area contributed by atoms with Crippen molar-refractivity contribution in [1.29, 1.82) is 0 Å². The molecule has 0 atom stereocenters. The van der Waals surface area contributed by atoms with Gasteiger partial charge in [0.2, 0.25) is 0 Å². The Morgan fingerprint density at radius 3 is 1.82 bits per heavy atom. The first-order chi connectivity index (χ1) is 24.3. The summed E-state index contributed by atoms with van der Waals surface area (Å²) in [6.45, 7) is 0. The Kier molecular flexibility index (Phi) is 5.32. The summed E-state index contributed by atoms with van der Waals surface area (Å²) in [5.74, 6) is 0.828. The third-order valence-corrected chi connectivity index (χ3v) is 9.89. The monoisotopic (exact) mass is 626 g/mol. The number of hydrogen-bond donors (Lipinski definition) is 0. The average molecular weight is 627 g/mol. The van der Waals surface area contributed by atoms with Crippen molar-refractivity contribution in [1.82, 2.24) is 19.1 Å². The zero-order valence-corrected chi connectivity index (χ0v) is 26.2. The highest BCUT2D eigenvalue weighted by Gasteiger charge is 2.27. The van der Waals surface area contributed by atoms with Gasteiger partial charge in [-0.2, -0.15) is 0 Å². The van der Waals surface area contributed by atoms with Crippen molar-refractivity contribution in [2.45, 2.75) is 0 Å². The first-order valence-electron chi connectivity index (χ1n) is 16.5. The molecule has 0 aliphatic rings. The number of nitrogens with zero attached hydrogens (tertiary/aromatic N) is 4. The zero-order valence-electron chi connectivity index (χ0n) is 26.2. The number of fused-ring (bicyclic) bond motifs is 13. The molecule has 0 N–H and O–H groups in total. The van der Waals surface area contributed by atoms with Gasteiger partial charge < -0.3 is 8.98 Å². The molecule has 0 unspecified atom stereocenters. The van der Waals surface area contributed by atoms with Crippen LogP contribution in [0, 0.1) is 0 Å². The standard InChI is InChI=1S/C44H26N4O/c1-3-13-27(14-4-1)32-23-24-34-33(45-32)25-26-38(46-34)48-36-21-11-8-18-30(36)41-43(48)42-39(40-31-19-9-12-22-37(31)49-44(40)41)29-17-7-10-20-35(29)47(42)28-15-5-2-6-16-28/h1-26H. The van der Waals surface area contributed by atoms with E-state index in [1.54, 1.807) is 0 Å². The molecule has 11 rings (SSSR count). The van der Waals surface area contributed by atoms with Crippen LogP contribution in [0.15, 0.2) is 162 Å². The van der Waals surface area contributed by atoms with Crippen LogP contribution >= 0.6 is 0 Å². The highest BCUT2D eigenvalue weighted by Crippen LogP contribution is 2.49. The van der Waals surface area contributed by atoms with Crippen molar-refractivity contribution < 1.29 is 4.42 Å². The van der Waals surface area contributed by atoms with Gasteiger partial charge in [0.15, 0.2) is 0 Å². The van der Waals surface area contributed by atoms with E-state index in [0.29, 0.717) is 0 Å². The predicted molar refractivity (Wildman–Crippen MR) is 201 cm³/mol. The number of aromatic nitrogens is 4. The minimum atomic E-state index is 0.828. The molecule has 0 aliphatic carbocycles. The molecule has 0 bridgehead atoms. The fourth-order valence-corrected chi connectivity index (χ4v) is 7.86. The Balaban J connectivity index is 1.35. The quantitative estimate of drug-likeness (QED) is 0.196. The lowest BCUT2D eigenvalue weighted by Gasteiger charge is -2.13. The fourth-order valence-electron chi connectivity index (χ4n) is 7.86. The minimum absolute atomic E-state index is 0.828. The molecule has 0 saturated heterocycles. The van der Waals surface area contributed by atoms with Gasteiger partial charge in [-0.05, 0) is 54.6 Å². The van der Waals surface area contributed by atoms with Crippen LogP contribution in [0.3, 0.4) is 0 Å². The van der Waals surface area contributed by atoms with Crippen molar-refractivity contribution >= 4 is 76.6 Å². The normalized spacial score (nSPS) is 12.1. The van der Waals surface area contributed by atoms with Crippen molar-refractivity contribution in [3.05, 3.63) is 158 Å². The van der Waals surface area contributed by atoms with Crippen molar-refractivity contribution in [2.24, 2.45) is 0 Å². The molecule has 0 radical (unpaired) electrons. The summed E-state index contributed by atoms with van der Waals surface area (Å²) in [6, 6.07) is 55.0. The molecular weight excluding hydrogens is 601 g/mol. The second kappa shape index (κ2) is 9.89. The largest absolute Gasteiger partial charge is 0.455 e. The molecule has 0 aliphatic heterocycles. The summed E-state index contributed by atoms with van der Waals surface area (Å²) in [7, 11) is 0. The summed E-state index contributed by atoms with van der Waals surface area (Å²) in [6.07, 6.45) is 0. The van der Waals surface area contributed by atoms with Crippen LogP contribution in [-0.4, -0.2) is 19.1 Å². The summed E-state index contributed by atoms with van der Waals surface area (Å²) in [5.41, 5.74) is 11.0. The Labute approximate surface area is 279 Å². The van der Waals surface area contributed by atoms with Gasteiger partial charge in [0.1, 0.15) is 17.0 Å². The number of rotatable bonds is 3. The Morgan fingerprint density at radius 2 is 1.02 bits per heavy atom. The molecule has 0 amide bonds. The molecule has 5 heterocycles. The first-order valence-corrected chi connectivity index (χ1v) is 16.5. The van der Waals surface area contributed by atoms with E-state index in [-0.39, 0.29) is 0 Å². The summed E-state index contributed by atoms with van der Waals surface area (Å²) >= 11 is 0. The van der Waals surface area contributed by atoms with Gasteiger partial charge in [-0.15, -0.1) is 0 Å². The van der Waals surface area contributed by atoms with Crippen molar-refractivity contribution in [3.8, 4) is 22.8 Å². The van der Waals surface area contributed by atoms with E-state index in [0.717, 1.165) is 88.6 Å². The Hall–Kier alpha value is -6.72. The molecule has 228 valence electrons. The molecule has 0 spiro atoms. The lowest BCUT2D eigenvalue weighted by Crippen LogP contribution is -2.01. The maximum absolute atomic E-state index is 6.87. The number of pyridine rings is 2. The molecule has 6 aromatic carbocycles. The Morgan fingerprint density at radius 1 is 0.429 bits per heavy atom. The predicted octanol–water partition coefficient (Wildman–Crippen LogP) is 11.4.